The zero-order chi connectivity index (χ0) is 17.2. The van der Waals surface area contributed by atoms with E-state index < -0.39 is 13.8 Å². The van der Waals surface area contributed by atoms with Crippen molar-refractivity contribution < 1.29 is 14.5 Å². The summed E-state index contributed by atoms with van der Waals surface area (Å²) in [6.45, 7) is 0. The highest BCUT2D eigenvalue weighted by Gasteiger charge is 2.24. The lowest BCUT2D eigenvalue weighted by Gasteiger charge is -2.12. The van der Waals surface area contributed by atoms with Crippen molar-refractivity contribution in [1.29, 1.82) is 0 Å². The van der Waals surface area contributed by atoms with Crippen molar-refractivity contribution in [2.45, 2.75) is 30.1 Å². The Balaban J connectivity index is 1.91. The van der Waals surface area contributed by atoms with E-state index in [9.17, 15) is 9.36 Å². The molecule has 0 saturated heterocycles. The Morgan fingerprint density at radius 3 is 2.29 bits per heavy atom. The molecule has 5 heteroatoms. The van der Waals surface area contributed by atoms with Crippen molar-refractivity contribution in [3.8, 4) is 0 Å². The number of benzene rings is 2. The van der Waals surface area contributed by atoms with Crippen LogP contribution in [0.3, 0.4) is 0 Å². The van der Waals surface area contributed by atoms with Gasteiger partial charge in [-0.25, -0.2) is 0 Å². The van der Waals surface area contributed by atoms with Crippen LogP contribution >= 0.6 is 19.6 Å². The highest BCUT2D eigenvalue weighted by atomic mass is 32.2. The van der Waals surface area contributed by atoms with Crippen LogP contribution in [0.1, 0.15) is 30.7 Å². The number of carbonyl (C=O) groups is 1. The lowest BCUT2D eigenvalue weighted by Crippen LogP contribution is -2.04. The molecule has 2 aromatic carbocycles. The van der Waals surface area contributed by atoms with Crippen LogP contribution in [0.2, 0.25) is 0 Å². The summed E-state index contributed by atoms with van der Waals surface area (Å²) in [5.41, 5.74) is 1.75. The predicted octanol–water partition coefficient (Wildman–Crippen LogP) is 5.60. The van der Waals surface area contributed by atoms with Gasteiger partial charge in [0, 0.05) is 17.2 Å². The van der Waals surface area contributed by atoms with E-state index in [0.717, 1.165) is 16.9 Å². The molecule has 1 N–H and O–H groups in total. The van der Waals surface area contributed by atoms with Gasteiger partial charge in [0.05, 0.1) is 0 Å². The highest BCUT2D eigenvalue weighted by Crippen LogP contribution is 2.37. The fourth-order valence-electron chi connectivity index (χ4n) is 2.55. The SMILES string of the molecule is O=C(O)CCCC(C[P+](=O)CSc1ccccc1)c1ccccc1. The van der Waals surface area contributed by atoms with Crippen LogP contribution in [0, 0.1) is 0 Å². The molecular weight excluding hydrogens is 339 g/mol. The first-order chi connectivity index (χ1) is 11.6. The van der Waals surface area contributed by atoms with Gasteiger partial charge in [-0.3, -0.25) is 4.79 Å². The molecule has 0 bridgehead atoms. The molecule has 0 saturated carbocycles. The number of carboxylic acid groups (broad SMARTS) is 1. The largest absolute Gasteiger partial charge is 0.481 e. The van der Waals surface area contributed by atoms with Gasteiger partial charge in [-0.1, -0.05) is 64.9 Å². The molecule has 2 rings (SSSR count). The smallest absolute Gasteiger partial charge is 0.350 e. The third-order valence-electron chi connectivity index (χ3n) is 3.76. The van der Waals surface area contributed by atoms with Crippen molar-refractivity contribution in [2.75, 3.05) is 11.7 Å². The first kappa shape index (κ1) is 18.7. The van der Waals surface area contributed by atoms with Gasteiger partial charge in [-0.05, 0) is 30.5 Å². The fourth-order valence-corrected chi connectivity index (χ4v) is 5.38. The van der Waals surface area contributed by atoms with Gasteiger partial charge in [-0.2, -0.15) is 0 Å². The van der Waals surface area contributed by atoms with E-state index in [4.69, 9.17) is 5.11 Å². The monoisotopic (exact) mass is 361 g/mol. The van der Waals surface area contributed by atoms with Gasteiger partial charge in [0.25, 0.3) is 0 Å². The van der Waals surface area contributed by atoms with Crippen LogP contribution in [0.25, 0.3) is 0 Å². The summed E-state index contributed by atoms with van der Waals surface area (Å²) < 4.78 is 12.5. The molecular formula is C19H22O3PS+. The molecule has 2 atom stereocenters. The predicted molar refractivity (Wildman–Crippen MR) is 100 cm³/mol. The van der Waals surface area contributed by atoms with Crippen LogP contribution in [0.4, 0.5) is 0 Å². The van der Waals surface area contributed by atoms with E-state index in [1.54, 1.807) is 11.8 Å². The Morgan fingerprint density at radius 2 is 1.67 bits per heavy atom. The average Bonchev–Trinajstić information content (AvgIpc) is 2.60. The van der Waals surface area contributed by atoms with E-state index >= 15 is 0 Å². The van der Waals surface area contributed by atoms with E-state index in [1.807, 2.05) is 60.7 Å². The van der Waals surface area contributed by atoms with E-state index in [2.05, 4.69) is 0 Å². The molecule has 0 aliphatic heterocycles. The number of carboxylic acids is 1. The third-order valence-corrected chi connectivity index (χ3v) is 6.88. The number of hydrogen-bond donors (Lipinski definition) is 1. The lowest BCUT2D eigenvalue weighted by molar-refractivity contribution is -0.137. The minimum atomic E-state index is -1.33. The second-order valence-electron chi connectivity index (χ2n) is 5.64. The van der Waals surface area contributed by atoms with Crippen molar-refractivity contribution in [3.63, 3.8) is 0 Å². The summed E-state index contributed by atoms with van der Waals surface area (Å²) in [6.07, 6.45) is 2.15. The number of hydrogen-bond acceptors (Lipinski definition) is 3. The quantitative estimate of drug-likeness (QED) is 0.442. The molecule has 2 aromatic rings. The first-order valence-electron chi connectivity index (χ1n) is 8.02. The van der Waals surface area contributed by atoms with Gasteiger partial charge >= 0.3 is 13.8 Å². The standard InChI is InChI=1S/C19H21O3PS/c20-19(21)13-7-10-17(16-8-3-1-4-9-16)14-23(22)15-24-18-11-5-2-6-12-18/h1-6,8-9,11-12,17H,7,10,13-15H2/p+1. The lowest BCUT2D eigenvalue weighted by atomic mass is 9.95. The molecule has 2 unspecified atom stereocenters. The number of thioether (sulfide) groups is 1. The second kappa shape index (κ2) is 10.3. The Bertz CT molecular complexity index is 646. The number of aliphatic carboxylic acids is 1. The summed E-state index contributed by atoms with van der Waals surface area (Å²) in [4.78, 5) is 11.9. The topological polar surface area (TPSA) is 54.4 Å². The van der Waals surface area contributed by atoms with Crippen LogP contribution in [0.5, 0.6) is 0 Å². The van der Waals surface area contributed by atoms with Gasteiger partial charge in [-0.15, -0.1) is 0 Å². The molecule has 0 heterocycles. The van der Waals surface area contributed by atoms with Crippen molar-refractivity contribution in [2.24, 2.45) is 0 Å². The van der Waals surface area contributed by atoms with Crippen molar-refractivity contribution in [1.82, 2.24) is 0 Å². The molecule has 0 aliphatic rings. The van der Waals surface area contributed by atoms with E-state index in [1.165, 1.54) is 0 Å². The maximum atomic E-state index is 12.5. The van der Waals surface area contributed by atoms with Gasteiger partial charge in [0.15, 0.2) is 11.7 Å². The Hall–Kier alpha value is -1.64. The van der Waals surface area contributed by atoms with Gasteiger partial charge in [0.2, 0.25) is 0 Å². The summed E-state index contributed by atoms with van der Waals surface area (Å²) in [7, 11) is -1.33. The second-order valence-corrected chi connectivity index (χ2v) is 8.77. The first-order valence-corrected chi connectivity index (χ1v) is 10.6. The van der Waals surface area contributed by atoms with E-state index in [-0.39, 0.29) is 12.3 Å². The summed E-state index contributed by atoms with van der Waals surface area (Å²) in [5, 5.41) is 8.83. The third kappa shape index (κ3) is 6.86. The molecule has 0 amide bonds. The molecule has 3 nitrogen and oxygen atoms in total. The summed E-state index contributed by atoms with van der Waals surface area (Å²) in [5.74, 6) is -0.614. The normalized spacial score (nSPS) is 12.6. The van der Waals surface area contributed by atoms with Crippen LogP contribution in [-0.2, 0) is 9.36 Å². The molecule has 126 valence electrons. The minimum Gasteiger partial charge on any atom is -0.481 e. The zero-order valence-corrected chi connectivity index (χ0v) is 15.2. The van der Waals surface area contributed by atoms with Crippen molar-refractivity contribution in [3.05, 3.63) is 66.2 Å². The maximum absolute atomic E-state index is 12.5. The maximum Gasteiger partial charge on any atom is 0.350 e. The number of rotatable bonds is 10. The molecule has 24 heavy (non-hydrogen) atoms. The molecule has 0 fully saturated rings. The molecule has 0 aliphatic carbocycles. The fraction of sp³-hybridized carbons (Fsp3) is 0.316. The molecule has 0 spiro atoms. The minimum absolute atomic E-state index is 0.158. The van der Waals surface area contributed by atoms with Crippen LogP contribution < -0.4 is 0 Å². The zero-order valence-electron chi connectivity index (χ0n) is 13.5. The molecule has 0 aromatic heterocycles. The van der Waals surface area contributed by atoms with Crippen molar-refractivity contribution >= 4 is 25.5 Å². The summed E-state index contributed by atoms with van der Waals surface area (Å²) >= 11 is 1.62. The molecule has 0 radical (unpaired) electrons. The van der Waals surface area contributed by atoms with Crippen LogP contribution in [-0.4, -0.2) is 22.7 Å². The van der Waals surface area contributed by atoms with Gasteiger partial charge in [0.1, 0.15) is 0 Å². The van der Waals surface area contributed by atoms with Crippen LogP contribution in [0.15, 0.2) is 65.6 Å². The Morgan fingerprint density at radius 1 is 1.04 bits per heavy atom. The van der Waals surface area contributed by atoms with E-state index in [0.29, 0.717) is 18.1 Å². The average molecular weight is 361 g/mol. The Kier molecular flexibility index (Phi) is 8.00. The Labute approximate surface area is 148 Å². The van der Waals surface area contributed by atoms with Gasteiger partial charge < -0.3 is 5.11 Å². The summed E-state index contributed by atoms with van der Waals surface area (Å²) in [6, 6.07) is 20.0. The highest BCUT2D eigenvalue weighted by molar-refractivity contribution is 8.03.